The van der Waals surface area contributed by atoms with Crippen molar-refractivity contribution in [3.8, 4) is 0 Å². The Kier molecular flexibility index (Phi) is 9.26. The van der Waals surface area contributed by atoms with Gasteiger partial charge in [0.2, 0.25) is 11.6 Å². The Morgan fingerprint density at radius 3 is 2.34 bits per heavy atom. The van der Waals surface area contributed by atoms with E-state index in [1.807, 2.05) is 13.8 Å². The fraction of sp³-hybridized carbons (Fsp3) is 0.444. The van der Waals surface area contributed by atoms with Crippen LogP contribution in [0.3, 0.4) is 0 Å². The molecule has 0 bridgehead atoms. The zero-order chi connectivity index (χ0) is 22.1. The summed E-state index contributed by atoms with van der Waals surface area (Å²) in [6.45, 7) is 4.87. The number of ether oxygens (including phenoxy) is 1. The standard InChI is InChI=1S/C18H22F3N3O5/c1-4-6-8-29-18(26)11(9-23-22-7-5-2)17(25)12-13(19)10(3)14(20)15(21)16(12)24(27)28/h9,22-23H,4-8H2,1-3H3. The van der Waals surface area contributed by atoms with Crippen LogP contribution in [-0.4, -0.2) is 29.8 Å². The fourth-order valence-corrected chi connectivity index (χ4v) is 2.20. The van der Waals surface area contributed by atoms with Gasteiger partial charge in [0, 0.05) is 18.3 Å². The molecule has 0 unspecified atom stereocenters. The Hall–Kier alpha value is -2.95. The number of hydrogen-bond acceptors (Lipinski definition) is 7. The van der Waals surface area contributed by atoms with Gasteiger partial charge in [0.25, 0.3) is 0 Å². The zero-order valence-electron chi connectivity index (χ0n) is 16.2. The van der Waals surface area contributed by atoms with Crippen LogP contribution < -0.4 is 10.9 Å². The Morgan fingerprint density at radius 1 is 1.14 bits per heavy atom. The number of ketones is 1. The first kappa shape index (κ1) is 24.1. The monoisotopic (exact) mass is 417 g/mol. The van der Waals surface area contributed by atoms with Crippen LogP contribution in [0, 0.1) is 34.5 Å². The molecule has 1 rings (SSSR count). The van der Waals surface area contributed by atoms with E-state index in [2.05, 4.69) is 10.9 Å². The lowest BCUT2D eigenvalue weighted by molar-refractivity contribution is -0.388. The van der Waals surface area contributed by atoms with Crippen LogP contribution in [0.4, 0.5) is 18.9 Å². The minimum absolute atomic E-state index is 0.0519. The van der Waals surface area contributed by atoms with Crippen molar-refractivity contribution in [3.63, 3.8) is 0 Å². The van der Waals surface area contributed by atoms with Crippen molar-refractivity contribution in [2.24, 2.45) is 0 Å². The van der Waals surface area contributed by atoms with Crippen LogP contribution in [0.15, 0.2) is 11.8 Å². The number of nitro benzene ring substituents is 1. The largest absolute Gasteiger partial charge is 0.462 e. The van der Waals surface area contributed by atoms with E-state index in [1.54, 1.807) is 0 Å². The second-order valence-corrected chi connectivity index (χ2v) is 6.00. The third kappa shape index (κ3) is 5.76. The first-order valence-corrected chi connectivity index (χ1v) is 8.90. The molecule has 0 radical (unpaired) electrons. The maximum atomic E-state index is 14.5. The van der Waals surface area contributed by atoms with Crippen molar-refractivity contribution in [3.05, 3.63) is 50.5 Å². The lowest BCUT2D eigenvalue weighted by atomic mass is 9.98. The van der Waals surface area contributed by atoms with E-state index in [0.29, 0.717) is 25.8 Å². The van der Waals surface area contributed by atoms with Gasteiger partial charge < -0.3 is 10.2 Å². The van der Waals surface area contributed by atoms with Crippen molar-refractivity contribution in [2.75, 3.05) is 13.2 Å². The molecule has 160 valence electrons. The minimum atomic E-state index is -1.99. The maximum Gasteiger partial charge on any atom is 0.343 e. The third-order valence-electron chi connectivity index (χ3n) is 3.81. The third-order valence-corrected chi connectivity index (χ3v) is 3.81. The van der Waals surface area contributed by atoms with Gasteiger partial charge in [-0.15, -0.1) is 0 Å². The molecule has 0 amide bonds. The van der Waals surface area contributed by atoms with Crippen LogP contribution in [0.2, 0.25) is 0 Å². The van der Waals surface area contributed by atoms with E-state index in [1.165, 1.54) is 0 Å². The van der Waals surface area contributed by atoms with Crippen LogP contribution in [-0.2, 0) is 9.53 Å². The van der Waals surface area contributed by atoms with E-state index in [9.17, 15) is 32.9 Å². The highest BCUT2D eigenvalue weighted by atomic mass is 19.2. The van der Waals surface area contributed by atoms with E-state index in [4.69, 9.17) is 4.74 Å². The Balaban J connectivity index is 3.49. The van der Waals surface area contributed by atoms with E-state index < -0.39 is 56.5 Å². The first-order valence-electron chi connectivity index (χ1n) is 8.90. The van der Waals surface area contributed by atoms with Crippen LogP contribution in [0.25, 0.3) is 0 Å². The molecule has 0 aliphatic carbocycles. The summed E-state index contributed by atoms with van der Waals surface area (Å²) in [6, 6.07) is 0. The van der Waals surface area contributed by atoms with Gasteiger partial charge >= 0.3 is 11.7 Å². The van der Waals surface area contributed by atoms with Gasteiger partial charge in [0.15, 0.2) is 5.82 Å². The molecule has 1 aromatic rings. The molecule has 0 aliphatic rings. The molecule has 0 saturated carbocycles. The number of rotatable bonds is 11. The zero-order valence-corrected chi connectivity index (χ0v) is 16.2. The number of halogens is 3. The molecular formula is C18H22F3N3O5. The van der Waals surface area contributed by atoms with Gasteiger partial charge in [-0.2, -0.15) is 4.39 Å². The molecule has 0 fully saturated rings. The molecule has 0 atom stereocenters. The smallest absolute Gasteiger partial charge is 0.343 e. The van der Waals surface area contributed by atoms with Crippen molar-refractivity contribution in [2.45, 2.75) is 40.0 Å². The van der Waals surface area contributed by atoms with Crippen LogP contribution in [0.5, 0.6) is 0 Å². The molecular weight excluding hydrogens is 395 g/mol. The summed E-state index contributed by atoms with van der Waals surface area (Å²) < 4.78 is 47.3. The summed E-state index contributed by atoms with van der Waals surface area (Å²) in [5, 5.41) is 11.2. The Labute approximate surface area is 165 Å². The number of Topliss-reactive ketones (excluding diaryl/α,β-unsaturated/α-hetero) is 1. The number of unbranched alkanes of at least 4 members (excludes halogenated alkanes) is 1. The summed E-state index contributed by atoms with van der Waals surface area (Å²) in [6.07, 6.45) is 2.69. The quantitative estimate of drug-likeness (QED) is 0.0654. The SMILES string of the molecule is CCCCOC(=O)C(=CNNCCC)C(=O)c1c(F)c(C)c(F)c(F)c1[N+](=O)[O-]. The van der Waals surface area contributed by atoms with E-state index in [-0.39, 0.29) is 6.61 Å². The number of nitrogens with zero attached hydrogens (tertiary/aromatic N) is 1. The first-order chi connectivity index (χ1) is 13.7. The fourth-order valence-electron chi connectivity index (χ4n) is 2.20. The molecule has 11 heteroatoms. The van der Waals surface area contributed by atoms with Gasteiger partial charge in [0.05, 0.1) is 11.5 Å². The summed E-state index contributed by atoms with van der Waals surface area (Å²) in [5.74, 6) is -8.11. The normalized spacial score (nSPS) is 11.3. The number of carbonyl (C=O) groups excluding carboxylic acids is 2. The predicted molar refractivity (Wildman–Crippen MR) is 97.4 cm³/mol. The highest BCUT2D eigenvalue weighted by Gasteiger charge is 2.37. The van der Waals surface area contributed by atoms with Gasteiger partial charge in [-0.1, -0.05) is 20.3 Å². The second kappa shape index (κ2) is 11.1. The summed E-state index contributed by atoms with van der Waals surface area (Å²) >= 11 is 0. The van der Waals surface area contributed by atoms with Crippen molar-refractivity contribution in [1.29, 1.82) is 0 Å². The number of benzene rings is 1. The molecule has 0 saturated heterocycles. The summed E-state index contributed by atoms with van der Waals surface area (Å²) in [4.78, 5) is 34.8. The summed E-state index contributed by atoms with van der Waals surface area (Å²) in [5.41, 5.74) is 0.272. The van der Waals surface area contributed by atoms with Gasteiger partial charge in [-0.25, -0.2) is 19.0 Å². The molecule has 2 N–H and O–H groups in total. The average Bonchev–Trinajstić information content (AvgIpc) is 2.68. The second-order valence-electron chi connectivity index (χ2n) is 6.00. The van der Waals surface area contributed by atoms with Gasteiger partial charge in [-0.05, 0) is 19.8 Å². The lowest BCUT2D eigenvalue weighted by Gasteiger charge is -2.12. The predicted octanol–water partition coefficient (Wildman–Crippen LogP) is 3.23. The van der Waals surface area contributed by atoms with Crippen LogP contribution in [0.1, 0.15) is 49.0 Å². The summed E-state index contributed by atoms with van der Waals surface area (Å²) in [7, 11) is 0. The molecule has 0 aliphatic heterocycles. The van der Waals surface area contributed by atoms with Gasteiger partial charge in [-0.3, -0.25) is 14.9 Å². The molecule has 0 aromatic heterocycles. The molecule has 29 heavy (non-hydrogen) atoms. The molecule has 8 nitrogen and oxygen atoms in total. The number of nitro groups is 1. The maximum absolute atomic E-state index is 14.5. The number of carbonyl (C=O) groups is 2. The molecule has 1 aromatic carbocycles. The Bertz CT molecular complexity index is 828. The molecule has 0 heterocycles. The van der Waals surface area contributed by atoms with E-state index >= 15 is 0 Å². The average molecular weight is 417 g/mol. The number of esters is 1. The van der Waals surface area contributed by atoms with Crippen LogP contribution >= 0.6 is 0 Å². The van der Waals surface area contributed by atoms with Crippen molar-refractivity contribution >= 4 is 17.4 Å². The number of nitrogens with one attached hydrogen (secondary N) is 2. The minimum Gasteiger partial charge on any atom is -0.462 e. The number of hydrazine groups is 1. The topological polar surface area (TPSA) is 111 Å². The highest BCUT2D eigenvalue weighted by molar-refractivity contribution is 6.25. The highest BCUT2D eigenvalue weighted by Crippen LogP contribution is 2.32. The molecule has 0 spiro atoms. The lowest BCUT2D eigenvalue weighted by Crippen LogP contribution is -2.30. The van der Waals surface area contributed by atoms with Crippen molar-refractivity contribution in [1.82, 2.24) is 10.9 Å². The van der Waals surface area contributed by atoms with Gasteiger partial charge in [0.1, 0.15) is 17.0 Å². The Morgan fingerprint density at radius 2 is 1.79 bits per heavy atom. The van der Waals surface area contributed by atoms with Crippen molar-refractivity contribution < 1.29 is 32.4 Å². The van der Waals surface area contributed by atoms with E-state index in [0.717, 1.165) is 13.1 Å². The number of hydrogen-bond donors (Lipinski definition) is 2.